The minimum absolute atomic E-state index is 0.0980. The monoisotopic (exact) mass is 332 g/mol. The molecule has 6 nitrogen and oxygen atoms in total. The normalized spacial score (nSPS) is 11.9. The number of aromatic nitrogens is 2. The highest BCUT2D eigenvalue weighted by atomic mass is 32.2. The quantitative estimate of drug-likeness (QED) is 0.804. The number of fused-ring (bicyclic) bond motifs is 1. The molecule has 1 N–H and O–H groups in total. The second kappa shape index (κ2) is 6.02. The summed E-state index contributed by atoms with van der Waals surface area (Å²) in [4.78, 5) is 14.9. The molecule has 1 aromatic carbocycles. The fraction of sp³-hybridized carbons (Fsp3) is 0.333. The van der Waals surface area contributed by atoms with Gasteiger partial charge in [-0.25, -0.2) is 17.8 Å². The van der Waals surface area contributed by atoms with Gasteiger partial charge in [0, 0.05) is 12.8 Å². The number of carbonyl (C=O) groups is 1. The molecule has 114 valence electrons. The Labute approximate surface area is 124 Å². The summed E-state index contributed by atoms with van der Waals surface area (Å²) in [7, 11) is -3.19. The SMILES string of the molecule is CS(=O)(=O)CCn1c(SCC(=O)O)nc2ccc(F)cc21. The summed E-state index contributed by atoms with van der Waals surface area (Å²) in [6, 6.07) is 3.99. The molecule has 0 unspecified atom stereocenters. The van der Waals surface area contributed by atoms with Gasteiger partial charge in [0.15, 0.2) is 5.16 Å². The van der Waals surface area contributed by atoms with E-state index in [4.69, 9.17) is 5.11 Å². The van der Waals surface area contributed by atoms with Crippen LogP contribution < -0.4 is 0 Å². The lowest BCUT2D eigenvalue weighted by molar-refractivity contribution is -0.133. The van der Waals surface area contributed by atoms with E-state index < -0.39 is 21.6 Å². The molecule has 0 saturated carbocycles. The molecule has 0 spiro atoms. The molecule has 0 saturated heterocycles. The number of thioether (sulfide) groups is 1. The van der Waals surface area contributed by atoms with E-state index in [0.717, 1.165) is 18.0 Å². The number of rotatable bonds is 6. The number of imidazole rings is 1. The number of carboxylic acid groups (broad SMARTS) is 1. The van der Waals surface area contributed by atoms with Crippen LogP contribution in [0.1, 0.15) is 0 Å². The molecule has 0 aliphatic heterocycles. The molecule has 1 heterocycles. The van der Waals surface area contributed by atoms with Gasteiger partial charge in [-0.2, -0.15) is 0 Å². The summed E-state index contributed by atoms with van der Waals surface area (Å²) in [5.74, 6) is -1.80. The van der Waals surface area contributed by atoms with E-state index in [1.807, 2.05) is 0 Å². The summed E-state index contributed by atoms with van der Waals surface area (Å²) >= 11 is 0.972. The Morgan fingerprint density at radius 2 is 2.19 bits per heavy atom. The van der Waals surface area contributed by atoms with E-state index in [9.17, 15) is 17.6 Å². The van der Waals surface area contributed by atoms with E-state index in [1.54, 1.807) is 0 Å². The van der Waals surface area contributed by atoms with Gasteiger partial charge in [0.05, 0.1) is 22.5 Å². The molecule has 21 heavy (non-hydrogen) atoms. The second-order valence-corrected chi connectivity index (χ2v) is 7.69. The number of hydrogen-bond donors (Lipinski definition) is 1. The molecule has 1 aromatic heterocycles. The van der Waals surface area contributed by atoms with Gasteiger partial charge < -0.3 is 9.67 Å². The second-order valence-electron chi connectivity index (χ2n) is 4.49. The number of aryl methyl sites for hydroxylation is 1. The van der Waals surface area contributed by atoms with Gasteiger partial charge in [-0.05, 0) is 18.2 Å². The fourth-order valence-corrected chi connectivity index (χ4v) is 3.06. The maximum absolute atomic E-state index is 13.4. The number of nitrogens with zero attached hydrogens (tertiary/aromatic N) is 2. The molecule has 0 fully saturated rings. The van der Waals surface area contributed by atoms with Crippen LogP contribution in [0.25, 0.3) is 11.0 Å². The van der Waals surface area contributed by atoms with Crippen molar-refractivity contribution in [2.45, 2.75) is 11.7 Å². The van der Waals surface area contributed by atoms with Crippen LogP contribution in [0.2, 0.25) is 0 Å². The highest BCUT2D eigenvalue weighted by Gasteiger charge is 2.15. The van der Waals surface area contributed by atoms with Gasteiger partial charge in [-0.1, -0.05) is 11.8 Å². The first-order chi connectivity index (χ1) is 9.76. The molecule has 0 aliphatic carbocycles. The number of benzene rings is 1. The number of halogens is 1. The van der Waals surface area contributed by atoms with Gasteiger partial charge in [0.25, 0.3) is 0 Å². The molecule has 0 radical (unpaired) electrons. The summed E-state index contributed by atoms with van der Waals surface area (Å²) in [6.07, 6.45) is 1.11. The third kappa shape index (κ3) is 4.18. The van der Waals surface area contributed by atoms with Crippen molar-refractivity contribution >= 4 is 38.6 Å². The smallest absolute Gasteiger partial charge is 0.313 e. The Balaban J connectivity index is 2.42. The first kappa shape index (κ1) is 15.8. The molecule has 0 amide bonds. The summed E-state index contributed by atoms with van der Waals surface area (Å²) < 4.78 is 37.5. The van der Waals surface area contributed by atoms with Crippen molar-refractivity contribution in [3.63, 3.8) is 0 Å². The largest absolute Gasteiger partial charge is 0.481 e. The van der Waals surface area contributed by atoms with Crippen LogP contribution in [0, 0.1) is 5.82 Å². The van der Waals surface area contributed by atoms with E-state index in [0.29, 0.717) is 16.2 Å². The fourth-order valence-electron chi connectivity index (χ4n) is 1.78. The van der Waals surface area contributed by atoms with Gasteiger partial charge in [-0.3, -0.25) is 4.79 Å². The Morgan fingerprint density at radius 3 is 2.81 bits per heavy atom. The van der Waals surface area contributed by atoms with Crippen LogP contribution in [0.15, 0.2) is 23.4 Å². The van der Waals surface area contributed by atoms with Gasteiger partial charge in [-0.15, -0.1) is 0 Å². The third-order valence-corrected chi connectivity index (χ3v) is 4.57. The lowest BCUT2D eigenvalue weighted by Gasteiger charge is -2.07. The number of aliphatic carboxylic acids is 1. The summed E-state index contributed by atoms with van der Waals surface area (Å²) in [6.45, 7) is 0.0980. The maximum atomic E-state index is 13.4. The van der Waals surface area contributed by atoms with E-state index in [-0.39, 0.29) is 18.1 Å². The summed E-state index contributed by atoms with van der Waals surface area (Å²) in [5.41, 5.74) is 0.948. The van der Waals surface area contributed by atoms with Crippen molar-refractivity contribution < 1.29 is 22.7 Å². The van der Waals surface area contributed by atoms with Gasteiger partial charge >= 0.3 is 5.97 Å². The third-order valence-electron chi connectivity index (χ3n) is 2.69. The zero-order chi connectivity index (χ0) is 15.6. The molecule has 2 rings (SSSR count). The average Bonchev–Trinajstić information content (AvgIpc) is 2.70. The van der Waals surface area contributed by atoms with E-state index in [2.05, 4.69) is 4.98 Å². The van der Waals surface area contributed by atoms with Crippen LogP contribution in [0.5, 0.6) is 0 Å². The Morgan fingerprint density at radius 1 is 1.48 bits per heavy atom. The van der Waals surface area contributed by atoms with Gasteiger partial charge in [0.1, 0.15) is 15.7 Å². The van der Waals surface area contributed by atoms with Crippen molar-refractivity contribution in [2.24, 2.45) is 0 Å². The Hall–Kier alpha value is -1.61. The van der Waals surface area contributed by atoms with Crippen molar-refractivity contribution in [3.8, 4) is 0 Å². The maximum Gasteiger partial charge on any atom is 0.313 e. The van der Waals surface area contributed by atoms with Crippen molar-refractivity contribution in [2.75, 3.05) is 17.8 Å². The summed E-state index contributed by atoms with van der Waals surface area (Å²) in [5, 5.41) is 9.09. The van der Waals surface area contributed by atoms with Crippen molar-refractivity contribution in [3.05, 3.63) is 24.0 Å². The van der Waals surface area contributed by atoms with Crippen LogP contribution in [0.3, 0.4) is 0 Å². The molecular weight excluding hydrogens is 319 g/mol. The van der Waals surface area contributed by atoms with Crippen LogP contribution >= 0.6 is 11.8 Å². The molecule has 0 aliphatic rings. The molecule has 0 atom stereocenters. The van der Waals surface area contributed by atoms with E-state index in [1.165, 1.54) is 22.8 Å². The molecular formula is C12H13FN2O4S2. The standard InChI is InChI=1S/C12H13FN2O4S2/c1-21(18,19)5-4-15-10-6-8(13)2-3-9(10)14-12(15)20-7-11(16)17/h2-3,6H,4-5,7H2,1H3,(H,16,17). The Kier molecular flexibility index (Phi) is 4.52. The lowest BCUT2D eigenvalue weighted by atomic mass is 10.3. The number of sulfone groups is 1. The average molecular weight is 332 g/mol. The highest BCUT2D eigenvalue weighted by Crippen LogP contribution is 2.24. The van der Waals surface area contributed by atoms with Crippen LogP contribution in [-0.4, -0.2) is 46.8 Å². The first-order valence-corrected chi connectivity index (χ1v) is 8.99. The molecule has 9 heteroatoms. The minimum atomic E-state index is -3.19. The van der Waals surface area contributed by atoms with Crippen molar-refractivity contribution in [1.29, 1.82) is 0 Å². The zero-order valence-corrected chi connectivity index (χ0v) is 12.7. The minimum Gasteiger partial charge on any atom is -0.481 e. The van der Waals surface area contributed by atoms with E-state index >= 15 is 0 Å². The number of hydrogen-bond acceptors (Lipinski definition) is 5. The van der Waals surface area contributed by atoms with Crippen LogP contribution in [0.4, 0.5) is 4.39 Å². The number of carboxylic acids is 1. The van der Waals surface area contributed by atoms with Crippen molar-refractivity contribution in [1.82, 2.24) is 9.55 Å². The first-order valence-electron chi connectivity index (χ1n) is 5.94. The molecule has 0 bridgehead atoms. The Bertz CT molecular complexity index is 786. The van der Waals surface area contributed by atoms with Crippen LogP contribution in [-0.2, 0) is 21.2 Å². The topological polar surface area (TPSA) is 89.3 Å². The zero-order valence-electron chi connectivity index (χ0n) is 11.1. The predicted molar refractivity (Wildman–Crippen MR) is 77.8 cm³/mol. The predicted octanol–water partition coefficient (Wildman–Crippen LogP) is 1.40. The van der Waals surface area contributed by atoms with Gasteiger partial charge in [0.2, 0.25) is 0 Å². The molecule has 2 aromatic rings. The highest BCUT2D eigenvalue weighted by molar-refractivity contribution is 7.99. The lowest BCUT2D eigenvalue weighted by Crippen LogP contribution is -2.12.